The number of thioether (sulfide) groups is 1. The van der Waals surface area contributed by atoms with Crippen molar-refractivity contribution in [2.45, 2.75) is 25.1 Å². The molecule has 34 heavy (non-hydrogen) atoms. The maximum atomic E-state index is 12.6. The summed E-state index contributed by atoms with van der Waals surface area (Å²) in [5.74, 6) is -0.617. The van der Waals surface area contributed by atoms with Gasteiger partial charge in [0.15, 0.2) is 17.1 Å². The molecule has 1 atom stereocenters. The number of thiophene rings is 1. The van der Waals surface area contributed by atoms with Crippen LogP contribution in [0.3, 0.4) is 0 Å². The Bertz CT molecular complexity index is 1240. The van der Waals surface area contributed by atoms with Gasteiger partial charge in [-0.1, -0.05) is 29.4 Å². The van der Waals surface area contributed by atoms with E-state index in [9.17, 15) is 14.4 Å². The van der Waals surface area contributed by atoms with Gasteiger partial charge in [0.2, 0.25) is 5.91 Å². The summed E-state index contributed by atoms with van der Waals surface area (Å²) in [6.07, 6.45) is -0.414. The van der Waals surface area contributed by atoms with Crippen molar-refractivity contribution in [3.05, 3.63) is 51.1 Å². The zero-order valence-electron chi connectivity index (χ0n) is 18.7. The van der Waals surface area contributed by atoms with Crippen LogP contribution in [0, 0.1) is 6.92 Å². The molecule has 0 aliphatic heterocycles. The smallest absolute Gasteiger partial charge is 0.341 e. The van der Waals surface area contributed by atoms with Crippen LogP contribution in [0.15, 0.2) is 29.4 Å². The van der Waals surface area contributed by atoms with Crippen molar-refractivity contribution in [3.63, 3.8) is 0 Å². The number of esters is 1. The van der Waals surface area contributed by atoms with Gasteiger partial charge in [-0.25, -0.2) is 4.79 Å². The molecule has 3 rings (SSSR count). The van der Waals surface area contributed by atoms with Gasteiger partial charge in [-0.3, -0.25) is 9.59 Å². The van der Waals surface area contributed by atoms with Crippen LogP contribution < -0.4 is 15.8 Å². The Kier molecular flexibility index (Phi) is 8.18. The molecule has 0 aliphatic rings. The summed E-state index contributed by atoms with van der Waals surface area (Å²) in [4.78, 5) is 36.6. The van der Waals surface area contributed by atoms with Gasteiger partial charge in [-0.15, -0.1) is 21.5 Å². The van der Waals surface area contributed by atoms with E-state index < -0.39 is 23.9 Å². The molecule has 0 saturated heterocycles. The number of nitrogens with zero attached hydrogens (tertiary/aromatic N) is 3. The molecule has 0 aliphatic carbocycles. The minimum absolute atomic E-state index is 0.0149. The Morgan fingerprint density at radius 1 is 1.32 bits per heavy atom. The maximum Gasteiger partial charge on any atom is 0.341 e. The van der Waals surface area contributed by atoms with Crippen LogP contribution in [0.5, 0.6) is 5.75 Å². The number of methoxy groups -OCH3 is 1. The normalized spacial score (nSPS) is 11.7. The zero-order chi connectivity index (χ0) is 25.0. The number of halogens is 1. The predicted molar refractivity (Wildman–Crippen MR) is 130 cm³/mol. The van der Waals surface area contributed by atoms with Crippen molar-refractivity contribution in [1.29, 1.82) is 0 Å². The van der Waals surface area contributed by atoms with Crippen LogP contribution in [-0.4, -0.2) is 45.4 Å². The third-order valence-electron chi connectivity index (χ3n) is 4.69. The Morgan fingerprint density at radius 2 is 2.06 bits per heavy atom. The van der Waals surface area contributed by atoms with Crippen LogP contribution >= 0.6 is 34.7 Å². The van der Waals surface area contributed by atoms with Gasteiger partial charge < -0.3 is 25.1 Å². The lowest BCUT2D eigenvalue weighted by Crippen LogP contribution is -2.16. The SMILES string of the molecule is COC(=O)c1c(NC(=O)CSc2nnc(C(C)Oc3cccc(Cl)c3)n2C)sc(C(N)=O)c1C. The number of benzene rings is 1. The van der Waals surface area contributed by atoms with Gasteiger partial charge in [-0.2, -0.15) is 0 Å². The van der Waals surface area contributed by atoms with Crippen molar-refractivity contribution < 1.29 is 23.9 Å². The van der Waals surface area contributed by atoms with E-state index in [4.69, 9.17) is 26.8 Å². The van der Waals surface area contributed by atoms with Gasteiger partial charge in [0.25, 0.3) is 5.91 Å². The minimum atomic E-state index is -0.691. The molecule has 2 heterocycles. The third-order valence-corrected chi connectivity index (χ3v) is 7.16. The number of aromatic nitrogens is 3. The topological polar surface area (TPSA) is 138 Å². The van der Waals surface area contributed by atoms with E-state index in [0.717, 1.165) is 23.1 Å². The first-order chi connectivity index (χ1) is 16.1. The number of amides is 2. The van der Waals surface area contributed by atoms with Crippen molar-refractivity contribution in [2.75, 3.05) is 18.2 Å². The molecule has 2 amide bonds. The second kappa shape index (κ2) is 10.9. The van der Waals surface area contributed by atoms with E-state index in [-0.39, 0.29) is 21.2 Å². The number of nitrogens with one attached hydrogen (secondary N) is 1. The molecule has 3 aromatic rings. The zero-order valence-corrected chi connectivity index (χ0v) is 21.1. The van der Waals surface area contributed by atoms with E-state index in [1.807, 2.05) is 6.92 Å². The summed E-state index contributed by atoms with van der Waals surface area (Å²) in [5, 5.41) is 12.2. The molecule has 3 N–H and O–H groups in total. The minimum Gasteiger partial charge on any atom is -0.483 e. The van der Waals surface area contributed by atoms with Crippen molar-refractivity contribution in [2.24, 2.45) is 12.8 Å². The van der Waals surface area contributed by atoms with Crippen molar-refractivity contribution in [1.82, 2.24) is 14.8 Å². The Balaban J connectivity index is 1.67. The Morgan fingerprint density at radius 3 is 2.71 bits per heavy atom. The molecule has 180 valence electrons. The second-order valence-corrected chi connectivity index (χ2v) is 9.47. The lowest BCUT2D eigenvalue weighted by atomic mass is 10.1. The highest BCUT2D eigenvalue weighted by atomic mass is 35.5. The third kappa shape index (κ3) is 5.69. The van der Waals surface area contributed by atoms with Gasteiger partial charge in [0.1, 0.15) is 10.8 Å². The molecule has 10 nitrogen and oxygen atoms in total. The fraction of sp³-hybridized carbons (Fsp3) is 0.286. The maximum absolute atomic E-state index is 12.6. The Labute approximate surface area is 208 Å². The average Bonchev–Trinajstić information content (AvgIpc) is 3.31. The summed E-state index contributed by atoms with van der Waals surface area (Å²) in [5.41, 5.74) is 5.84. The molecule has 0 bridgehead atoms. The highest BCUT2D eigenvalue weighted by Crippen LogP contribution is 2.34. The van der Waals surface area contributed by atoms with Crippen LogP contribution in [0.2, 0.25) is 5.02 Å². The first-order valence-corrected chi connectivity index (χ1v) is 12.1. The number of hydrogen-bond acceptors (Lipinski definition) is 9. The monoisotopic (exact) mass is 523 g/mol. The molecule has 0 fully saturated rings. The summed E-state index contributed by atoms with van der Waals surface area (Å²) in [7, 11) is 2.98. The summed E-state index contributed by atoms with van der Waals surface area (Å²) in [6.45, 7) is 3.40. The van der Waals surface area contributed by atoms with Gasteiger partial charge in [0.05, 0.1) is 23.3 Å². The number of rotatable bonds is 9. The molecular weight excluding hydrogens is 502 g/mol. The molecule has 13 heteroatoms. The average molecular weight is 524 g/mol. The molecule has 0 saturated carbocycles. The highest BCUT2D eigenvalue weighted by Gasteiger charge is 2.25. The largest absolute Gasteiger partial charge is 0.483 e. The van der Waals surface area contributed by atoms with Crippen LogP contribution in [-0.2, 0) is 16.6 Å². The number of nitrogens with two attached hydrogens (primary N) is 1. The first kappa shape index (κ1) is 25.5. The summed E-state index contributed by atoms with van der Waals surface area (Å²) < 4.78 is 12.4. The number of anilines is 1. The lowest BCUT2D eigenvalue weighted by molar-refractivity contribution is -0.113. The first-order valence-electron chi connectivity index (χ1n) is 9.88. The number of carbonyl (C=O) groups is 3. The fourth-order valence-corrected chi connectivity index (χ4v) is 5.04. The number of carbonyl (C=O) groups excluding carboxylic acids is 3. The van der Waals surface area contributed by atoms with Gasteiger partial charge in [0, 0.05) is 12.1 Å². The van der Waals surface area contributed by atoms with Crippen molar-refractivity contribution >= 4 is 57.5 Å². The molecule has 1 unspecified atom stereocenters. The molecule has 1 aromatic carbocycles. The van der Waals surface area contributed by atoms with E-state index in [0.29, 0.717) is 27.3 Å². The van der Waals surface area contributed by atoms with Crippen LogP contribution in [0.4, 0.5) is 5.00 Å². The van der Waals surface area contributed by atoms with E-state index >= 15 is 0 Å². The number of primary amides is 1. The predicted octanol–water partition coefficient (Wildman–Crippen LogP) is 3.59. The molecular formula is C21H22ClN5O5S2. The standard InChI is InChI=1S/C21H22ClN5O5S2/c1-10-15(20(30)31-4)19(34-16(10)17(23)29)24-14(28)9-33-21-26-25-18(27(21)3)11(2)32-13-7-5-6-12(22)8-13/h5-8,11H,9H2,1-4H3,(H2,23,29)(H,24,28). The lowest BCUT2D eigenvalue weighted by Gasteiger charge is -2.14. The second-order valence-electron chi connectivity index (χ2n) is 7.07. The van der Waals surface area contributed by atoms with Crippen molar-refractivity contribution in [3.8, 4) is 5.75 Å². The molecule has 0 spiro atoms. The fourth-order valence-electron chi connectivity index (χ4n) is 3.08. The molecule has 2 aromatic heterocycles. The molecule has 0 radical (unpaired) electrons. The summed E-state index contributed by atoms with van der Waals surface area (Å²) in [6, 6.07) is 7.03. The number of hydrogen-bond donors (Lipinski definition) is 2. The number of ether oxygens (including phenoxy) is 2. The van der Waals surface area contributed by atoms with E-state index in [1.165, 1.54) is 7.11 Å². The quantitative estimate of drug-likeness (QED) is 0.320. The van der Waals surface area contributed by atoms with E-state index in [1.54, 1.807) is 42.8 Å². The van der Waals surface area contributed by atoms with Crippen LogP contribution in [0.1, 0.15) is 44.4 Å². The summed E-state index contributed by atoms with van der Waals surface area (Å²) >= 11 is 8.08. The van der Waals surface area contributed by atoms with Gasteiger partial charge in [-0.05, 0) is 37.6 Å². The van der Waals surface area contributed by atoms with Crippen LogP contribution in [0.25, 0.3) is 0 Å². The Hall–Kier alpha value is -3.09. The van der Waals surface area contributed by atoms with E-state index in [2.05, 4.69) is 15.5 Å². The highest BCUT2D eigenvalue weighted by molar-refractivity contribution is 7.99. The van der Waals surface area contributed by atoms with Gasteiger partial charge >= 0.3 is 5.97 Å².